The van der Waals surface area contributed by atoms with E-state index in [1.807, 2.05) is 6.92 Å². The second-order valence-electron chi connectivity index (χ2n) is 6.36. The van der Waals surface area contributed by atoms with E-state index in [0.717, 1.165) is 6.42 Å². The molecule has 0 aliphatic carbocycles. The molecule has 0 radical (unpaired) electrons. The number of alkyl halides is 1. The van der Waals surface area contributed by atoms with Crippen LogP contribution < -0.4 is 10.6 Å². The molecule has 2 amide bonds. The topological polar surface area (TPSA) is 97.4 Å². The fourth-order valence-corrected chi connectivity index (χ4v) is 2.51. The number of halogens is 1. The second kappa shape index (κ2) is 10.6. The number of esters is 1. The molecule has 0 aliphatic heterocycles. The minimum atomic E-state index is -0.719. The van der Waals surface area contributed by atoms with Crippen LogP contribution in [0.25, 0.3) is 0 Å². The van der Waals surface area contributed by atoms with Crippen molar-refractivity contribution < 1.29 is 19.1 Å². The zero-order valence-electron chi connectivity index (χ0n) is 16.6. The summed E-state index contributed by atoms with van der Waals surface area (Å²) in [6.45, 7) is 5.96. The number of rotatable bonds is 8. The van der Waals surface area contributed by atoms with Crippen molar-refractivity contribution in [3.63, 3.8) is 0 Å². The first kappa shape index (κ1) is 22.4. The Balaban J connectivity index is 2.21. The number of hydrogen-bond acceptors (Lipinski definition) is 5. The number of nitrogens with one attached hydrogen (secondary N) is 2. The van der Waals surface area contributed by atoms with Crippen LogP contribution in [0.4, 0.5) is 5.69 Å². The number of aryl methyl sites for hydroxylation is 1. The van der Waals surface area contributed by atoms with E-state index >= 15 is 0 Å². The van der Waals surface area contributed by atoms with E-state index in [0.29, 0.717) is 24.3 Å². The van der Waals surface area contributed by atoms with Crippen LogP contribution in [0, 0.1) is 6.92 Å². The summed E-state index contributed by atoms with van der Waals surface area (Å²) in [6.07, 6.45) is 1.25. The lowest BCUT2D eigenvalue weighted by Crippen LogP contribution is -2.28. The van der Waals surface area contributed by atoms with Gasteiger partial charge >= 0.3 is 5.97 Å². The van der Waals surface area contributed by atoms with Crippen molar-refractivity contribution in [2.24, 2.45) is 0 Å². The van der Waals surface area contributed by atoms with E-state index in [1.165, 1.54) is 6.07 Å². The summed E-state index contributed by atoms with van der Waals surface area (Å²) in [7, 11) is 0. The Morgan fingerprint density at radius 2 is 1.90 bits per heavy atom. The highest BCUT2D eigenvalue weighted by Gasteiger charge is 2.20. The van der Waals surface area contributed by atoms with Gasteiger partial charge in [0.25, 0.3) is 11.8 Å². The zero-order valence-corrected chi connectivity index (χ0v) is 17.4. The van der Waals surface area contributed by atoms with Gasteiger partial charge in [-0.3, -0.25) is 9.59 Å². The van der Waals surface area contributed by atoms with Gasteiger partial charge in [-0.2, -0.15) is 0 Å². The Morgan fingerprint density at radius 3 is 2.59 bits per heavy atom. The lowest BCUT2D eigenvalue weighted by Gasteiger charge is -2.12. The SMILES string of the molecule is CCCNC(=O)c1nc(C)ccc1C(=O)Nc1cccc(C(=O)OC(Cl)CC)c1. The van der Waals surface area contributed by atoms with Crippen molar-refractivity contribution >= 4 is 35.1 Å². The number of pyridine rings is 1. The number of ether oxygens (including phenoxy) is 1. The van der Waals surface area contributed by atoms with Crippen LogP contribution >= 0.6 is 11.6 Å². The third-order valence-electron chi connectivity index (χ3n) is 3.94. The van der Waals surface area contributed by atoms with Gasteiger partial charge in [-0.05, 0) is 50.1 Å². The molecule has 29 heavy (non-hydrogen) atoms. The Morgan fingerprint density at radius 1 is 1.14 bits per heavy atom. The molecule has 2 rings (SSSR count). The predicted molar refractivity (Wildman–Crippen MR) is 111 cm³/mol. The summed E-state index contributed by atoms with van der Waals surface area (Å²) < 4.78 is 5.08. The third-order valence-corrected chi connectivity index (χ3v) is 4.34. The van der Waals surface area contributed by atoms with Crippen LogP contribution in [0.2, 0.25) is 0 Å². The molecule has 1 unspecified atom stereocenters. The Bertz CT molecular complexity index is 901. The molecule has 1 aromatic carbocycles. The summed E-state index contributed by atoms with van der Waals surface area (Å²) in [6, 6.07) is 9.50. The molecule has 0 saturated carbocycles. The molecular formula is C21H24ClN3O4. The van der Waals surface area contributed by atoms with Crippen LogP contribution in [0.5, 0.6) is 0 Å². The highest BCUT2D eigenvalue weighted by Crippen LogP contribution is 2.16. The van der Waals surface area contributed by atoms with Crippen molar-refractivity contribution in [1.29, 1.82) is 0 Å². The van der Waals surface area contributed by atoms with Crippen molar-refractivity contribution in [3.8, 4) is 0 Å². The van der Waals surface area contributed by atoms with Gasteiger partial charge in [-0.1, -0.05) is 31.5 Å². The number of carbonyl (C=O) groups is 3. The smallest absolute Gasteiger partial charge is 0.339 e. The van der Waals surface area contributed by atoms with Crippen LogP contribution in [0.15, 0.2) is 36.4 Å². The van der Waals surface area contributed by atoms with E-state index in [1.54, 1.807) is 44.2 Å². The van der Waals surface area contributed by atoms with Crippen molar-refractivity contribution in [2.45, 2.75) is 39.2 Å². The van der Waals surface area contributed by atoms with Gasteiger partial charge in [0.1, 0.15) is 5.69 Å². The van der Waals surface area contributed by atoms with Gasteiger partial charge in [0.05, 0.1) is 11.1 Å². The van der Waals surface area contributed by atoms with Crippen molar-refractivity contribution in [2.75, 3.05) is 11.9 Å². The largest absolute Gasteiger partial charge is 0.442 e. The van der Waals surface area contributed by atoms with Gasteiger partial charge in [-0.15, -0.1) is 0 Å². The molecular weight excluding hydrogens is 394 g/mol. The van der Waals surface area contributed by atoms with Gasteiger partial charge in [-0.25, -0.2) is 9.78 Å². The minimum absolute atomic E-state index is 0.0550. The molecule has 0 bridgehead atoms. The molecule has 8 heteroatoms. The summed E-state index contributed by atoms with van der Waals surface area (Å²) in [5.41, 5.74) is 0.740. The lowest BCUT2D eigenvalue weighted by atomic mass is 10.1. The summed E-state index contributed by atoms with van der Waals surface area (Å²) in [4.78, 5) is 41.5. The van der Waals surface area contributed by atoms with E-state index in [-0.39, 0.29) is 16.8 Å². The zero-order chi connectivity index (χ0) is 21.4. The average Bonchev–Trinajstić information content (AvgIpc) is 2.71. The Labute approximate surface area is 174 Å². The Hall–Kier alpha value is -2.93. The summed E-state index contributed by atoms with van der Waals surface area (Å²) in [5, 5.41) is 5.42. The van der Waals surface area contributed by atoms with Crippen LogP contribution in [0.1, 0.15) is 63.6 Å². The molecule has 0 fully saturated rings. The fourth-order valence-electron chi connectivity index (χ4n) is 2.43. The maximum absolute atomic E-state index is 12.8. The maximum Gasteiger partial charge on any atom is 0.339 e. The highest BCUT2D eigenvalue weighted by atomic mass is 35.5. The Kier molecular flexibility index (Phi) is 8.15. The van der Waals surface area contributed by atoms with Gasteiger partial charge in [0.2, 0.25) is 0 Å². The molecule has 0 aliphatic rings. The summed E-state index contributed by atoms with van der Waals surface area (Å²) >= 11 is 5.85. The summed E-state index contributed by atoms with van der Waals surface area (Å²) in [5.74, 6) is -1.50. The highest BCUT2D eigenvalue weighted by molar-refractivity contribution is 6.20. The standard InChI is InChI=1S/C21H24ClN3O4/c1-4-11-23-20(27)18-16(10-9-13(3)24-18)19(26)25-15-8-6-7-14(12-15)21(28)29-17(22)5-2/h6-10,12,17H,4-5,11H2,1-3H3,(H,23,27)(H,25,26). The normalized spacial score (nSPS) is 11.4. The third kappa shape index (κ3) is 6.29. The minimum Gasteiger partial charge on any atom is -0.442 e. The first-order valence-corrected chi connectivity index (χ1v) is 9.81. The molecule has 0 spiro atoms. The maximum atomic E-state index is 12.8. The van der Waals surface area contributed by atoms with E-state index < -0.39 is 23.3 Å². The number of anilines is 1. The first-order chi connectivity index (χ1) is 13.8. The molecule has 0 saturated heterocycles. The molecule has 7 nitrogen and oxygen atoms in total. The number of carbonyl (C=O) groups excluding carboxylic acids is 3. The van der Waals surface area contributed by atoms with E-state index in [2.05, 4.69) is 15.6 Å². The molecule has 2 aromatic rings. The van der Waals surface area contributed by atoms with E-state index in [4.69, 9.17) is 16.3 Å². The lowest BCUT2D eigenvalue weighted by molar-refractivity contribution is 0.0443. The van der Waals surface area contributed by atoms with E-state index in [9.17, 15) is 14.4 Å². The fraction of sp³-hybridized carbons (Fsp3) is 0.333. The number of amides is 2. The number of aromatic nitrogens is 1. The van der Waals surface area contributed by atoms with Gasteiger partial charge in [0.15, 0.2) is 5.56 Å². The van der Waals surface area contributed by atoms with Crippen LogP contribution in [-0.2, 0) is 4.74 Å². The van der Waals surface area contributed by atoms with Crippen LogP contribution in [-0.4, -0.2) is 34.9 Å². The molecule has 1 aromatic heterocycles. The number of hydrogen-bond donors (Lipinski definition) is 2. The predicted octanol–water partition coefficient (Wildman–Crippen LogP) is 3.91. The first-order valence-electron chi connectivity index (χ1n) is 9.38. The monoisotopic (exact) mass is 417 g/mol. The van der Waals surface area contributed by atoms with Gasteiger partial charge in [0, 0.05) is 17.9 Å². The second-order valence-corrected chi connectivity index (χ2v) is 6.85. The molecule has 2 N–H and O–H groups in total. The van der Waals surface area contributed by atoms with Gasteiger partial charge < -0.3 is 15.4 Å². The van der Waals surface area contributed by atoms with Crippen molar-refractivity contribution in [1.82, 2.24) is 10.3 Å². The molecule has 1 heterocycles. The molecule has 154 valence electrons. The van der Waals surface area contributed by atoms with Crippen molar-refractivity contribution in [3.05, 3.63) is 58.9 Å². The van der Waals surface area contributed by atoms with Crippen LogP contribution in [0.3, 0.4) is 0 Å². The molecule has 1 atom stereocenters. The quantitative estimate of drug-likeness (QED) is 0.501. The number of benzene rings is 1. The number of nitrogens with zero attached hydrogens (tertiary/aromatic N) is 1. The average molecular weight is 418 g/mol.